The van der Waals surface area contributed by atoms with Gasteiger partial charge in [0.05, 0.1) is 5.69 Å². The van der Waals surface area contributed by atoms with Crippen molar-refractivity contribution in [1.29, 1.82) is 0 Å². The van der Waals surface area contributed by atoms with Crippen LogP contribution in [0.1, 0.15) is 5.82 Å². The molecule has 1 aromatic carbocycles. The Morgan fingerprint density at radius 2 is 2.00 bits per heavy atom. The number of aromatic nitrogens is 2. The van der Waals surface area contributed by atoms with Crippen molar-refractivity contribution >= 4 is 0 Å². The number of hydrogen-bond donors (Lipinski definition) is 0. The fourth-order valence-electron chi connectivity index (χ4n) is 1.41. The van der Waals surface area contributed by atoms with Gasteiger partial charge < -0.3 is 4.74 Å². The Labute approximate surface area is 97.1 Å². The zero-order valence-corrected chi connectivity index (χ0v) is 9.15. The minimum atomic E-state index is -0.894. The predicted molar refractivity (Wildman–Crippen MR) is 58.1 cm³/mol. The van der Waals surface area contributed by atoms with E-state index in [0.717, 1.165) is 12.1 Å². The van der Waals surface area contributed by atoms with Gasteiger partial charge in [0.25, 0.3) is 0 Å². The Morgan fingerprint density at radius 1 is 1.18 bits per heavy atom. The normalized spacial score (nSPS) is 10.5. The van der Waals surface area contributed by atoms with Crippen molar-refractivity contribution in [2.75, 3.05) is 7.11 Å². The molecule has 88 valence electrons. The second kappa shape index (κ2) is 4.97. The summed E-state index contributed by atoms with van der Waals surface area (Å²) in [5.74, 6) is -1.27. The number of ether oxygens (including phenoxy) is 1. The molecule has 2 rings (SSSR count). The van der Waals surface area contributed by atoms with Crippen LogP contribution >= 0.6 is 0 Å². The first kappa shape index (κ1) is 11.6. The van der Waals surface area contributed by atoms with Crippen molar-refractivity contribution in [3.8, 4) is 11.3 Å². The third kappa shape index (κ3) is 2.62. The first-order valence-electron chi connectivity index (χ1n) is 4.97. The molecule has 0 aliphatic carbocycles. The van der Waals surface area contributed by atoms with Crippen LogP contribution in [0.15, 0.2) is 30.5 Å². The second-order valence-corrected chi connectivity index (χ2v) is 3.42. The van der Waals surface area contributed by atoms with Gasteiger partial charge in [-0.25, -0.2) is 18.7 Å². The highest BCUT2D eigenvalue weighted by molar-refractivity contribution is 5.58. The van der Waals surface area contributed by atoms with Gasteiger partial charge >= 0.3 is 0 Å². The first-order valence-corrected chi connectivity index (χ1v) is 4.97. The van der Waals surface area contributed by atoms with Gasteiger partial charge in [-0.1, -0.05) is 0 Å². The third-order valence-electron chi connectivity index (χ3n) is 2.19. The van der Waals surface area contributed by atoms with Crippen molar-refractivity contribution in [1.82, 2.24) is 9.97 Å². The van der Waals surface area contributed by atoms with Gasteiger partial charge in [-0.3, -0.25) is 0 Å². The summed E-state index contributed by atoms with van der Waals surface area (Å²) in [6.07, 6.45) is 1.55. The maximum atomic E-state index is 13.1. The van der Waals surface area contributed by atoms with Crippen molar-refractivity contribution < 1.29 is 13.5 Å². The molecule has 0 fully saturated rings. The number of halogens is 2. The van der Waals surface area contributed by atoms with E-state index in [0.29, 0.717) is 17.1 Å². The van der Waals surface area contributed by atoms with Gasteiger partial charge in [-0.05, 0) is 24.3 Å². The molecule has 17 heavy (non-hydrogen) atoms. The summed E-state index contributed by atoms with van der Waals surface area (Å²) in [5.41, 5.74) is 1.04. The molecule has 0 atom stereocenters. The Kier molecular flexibility index (Phi) is 3.39. The SMILES string of the molecule is COCc1nccc(-c2ccc(F)c(F)c2)n1. The minimum absolute atomic E-state index is 0.275. The van der Waals surface area contributed by atoms with Crippen molar-refractivity contribution in [3.63, 3.8) is 0 Å². The van der Waals surface area contributed by atoms with Gasteiger partial charge in [0, 0.05) is 18.9 Å². The summed E-state index contributed by atoms with van der Waals surface area (Å²) in [6.45, 7) is 0.275. The van der Waals surface area contributed by atoms with E-state index >= 15 is 0 Å². The molecular formula is C12H10F2N2O. The molecule has 1 heterocycles. The average Bonchev–Trinajstić information content (AvgIpc) is 2.33. The standard InChI is InChI=1S/C12H10F2N2O/c1-17-7-12-15-5-4-11(16-12)8-2-3-9(13)10(14)6-8/h2-6H,7H2,1H3. The van der Waals surface area contributed by atoms with Gasteiger partial charge in [0.15, 0.2) is 17.5 Å². The molecule has 1 aromatic heterocycles. The topological polar surface area (TPSA) is 35.0 Å². The van der Waals surface area contributed by atoms with E-state index in [1.807, 2.05) is 0 Å². The Balaban J connectivity index is 2.38. The average molecular weight is 236 g/mol. The summed E-state index contributed by atoms with van der Waals surface area (Å²) in [4.78, 5) is 8.17. The minimum Gasteiger partial charge on any atom is -0.377 e. The predicted octanol–water partition coefficient (Wildman–Crippen LogP) is 2.57. The van der Waals surface area contributed by atoms with Crippen LogP contribution in [0, 0.1) is 11.6 Å². The van der Waals surface area contributed by atoms with Gasteiger partial charge in [-0.2, -0.15) is 0 Å². The van der Waals surface area contributed by atoms with Crippen molar-refractivity contribution in [3.05, 3.63) is 47.9 Å². The summed E-state index contributed by atoms with van der Waals surface area (Å²) in [6, 6.07) is 5.28. The molecule has 0 unspecified atom stereocenters. The van der Waals surface area contributed by atoms with Crippen molar-refractivity contribution in [2.24, 2.45) is 0 Å². The first-order chi connectivity index (χ1) is 8.20. The number of hydrogen-bond acceptors (Lipinski definition) is 3. The second-order valence-electron chi connectivity index (χ2n) is 3.42. The van der Waals surface area contributed by atoms with Crippen LogP contribution in [0.2, 0.25) is 0 Å². The van der Waals surface area contributed by atoms with Crippen LogP contribution in [-0.4, -0.2) is 17.1 Å². The zero-order chi connectivity index (χ0) is 12.3. The van der Waals surface area contributed by atoms with E-state index in [4.69, 9.17) is 4.74 Å². The Bertz CT molecular complexity index is 532. The lowest BCUT2D eigenvalue weighted by atomic mass is 10.1. The highest BCUT2D eigenvalue weighted by Crippen LogP contribution is 2.19. The van der Waals surface area contributed by atoms with Crippen LogP contribution in [-0.2, 0) is 11.3 Å². The Hall–Kier alpha value is -1.88. The van der Waals surface area contributed by atoms with Gasteiger partial charge in [0.2, 0.25) is 0 Å². The van der Waals surface area contributed by atoms with Crippen LogP contribution < -0.4 is 0 Å². The molecule has 0 N–H and O–H groups in total. The lowest BCUT2D eigenvalue weighted by Crippen LogP contribution is -1.98. The number of nitrogens with zero attached hydrogens (tertiary/aromatic N) is 2. The van der Waals surface area contributed by atoms with Crippen LogP contribution in [0.5, 0.6) is 0 Å². The van der Waals surface area contributed by atoms with E-state index in [9.17, 15) is 8.78 Å². The molecule has 0 saturated carbocycles. The maximum absolute atomic E-state index is 13.1. The quantitative estimate of drug-likeness (QED) is 0.821. The largest absolute Gasteiger partial charge is 0.377 e. The van der Waals surface area contributed by atoms with Crippen molar-refractivity contribution in [2.45, 2.75) is 6.61 Å². The third-order valence-corrected chi connectivity index (χ3v) is 2.19. The molecule has 5 heteroatoms. The monoisotopic (exact) mass is 236 g/mol. The fourth-order valence-corrected chi connectivity index (χ4v) is 1.41. The molecule has 0 radical (unpaired) electrons. The lowest BCUT2D eigenvalue weighted by molar-refractivity contribution is 0.178. The summed E-state index contributed by atoms with van der Waals surface area (Å²) in [5, 5.41) is 0. The lowest BCUT2D eigenvalue weighted by Gasteiger charge is -2.03. The van der Waals surface area contributed by atoms with E-state index in [1.54, 1.807) is 12.3 Å². The van der Waals surface area contributed by atoms with E-state index in [2.05, 4.69) is 9.97 Å². The van der Waals surface area contributed by atoms with E-state index < -0.39 is 11.6 Å². The summed E-state index contributed by atoms with van der Waals surface area (Å²) < 4.78 is 30.8. The molecule has 0 aliphatic rings. The number of benzene rings is 1. The van der Waals surface area contributed by atoms with Crippen LogP contribution in [0.4, 0.5) is 8.78 Å². The highest BCUT2D eigenvalue weighted by atomic mass is 19.2. The van der Waals surface area contributed by atoms with Gasteiger partial charge in [-0.15, -0.1) is 0 Å². The molecule has 0 saturated heterocycles. The summed E-state index contributed by atoms with van der Waals surface area (Å²) in [7, 11) is 1.54. The highest BCUT2D eigenvalue weighted by Gasteiger charge is 2.06. The number of methoxy groups -OCH3 is 1. The molecular weight excluding hydrogens is 226 g/mol. The van der Waals surface area contributed by atoms with Crippen LogP contribution in [0.25, 0.3) is 11.3 Å². The molecule has 0 aliphatic heterocycles. The van der Waals surface area contributed by atoms with Crippen LogP contribution in [0.3, 0.4) is 0 Å². The molecule has 2 aromatic rings. The molecule has 0 bridgehead atoms. The molecule has 3 nitrogen and oxygen atoms in total. The maximum Gasteiger partial charge on any atom is 0.159 e. The zero-order valence-electron chi connectivity index (χ0n) is 9.15. The van der Waals surface area contributed by atoms with Gasteiger partial charge in [0.1, 0.15) is 6.61 Å². The molecule has 0 amide bonds. The van der Waals surface area contributed by atoms with E-state index in [1.165, 1.54) is 13.2 Å². The van der Waals surface area contributed by atoms with E-state index in [-0.39, 0.29) is 6.61 Å². The number of rotatable bonds is 3. The fraction of sp³-hybridized carbons (Fsp3) is 0.167. The molecule has 0 spiro atoms. The summed E-state index contributed by atoms with van der Waals surface area (Å²) >= 11 is 0. The smallest absolute Gasteiger partial charge is 0.159 e. The Morgan fingerprint density at radius 3 is 2.71 bits per heavy atom.